The Hall–Kier alpha value is -3.41. The highest BCUT2D eigenvalue weighted by molar-refractivity contribution is 7.92. The molecule has 3 aromatic carbocycles. The lowest BCUT2D eigenvalue weighted by molar-refractivity contribution is 0.0947. The first-order chi connectivity index (χ1) is 18.6. The van der Waals surface area contributed by atoms with Crippen molar-refractivity contribution in [3.8, 4) is 5.75 Å². The van der Waals surface area contributed by atoms with Gasteiger partial charge in [0.05, 0.1) is 22.0 Å². The van der Waals surface area contributed by atoms with Gasteiger partial charge in [-0.2, -0.15) is 4.31 Å². The SMILES string of the molecule is Cc1ccc(S(=O)(=O)Nc2ccc(C(=O)NCCOc3ccc(S(=O)(=O)N4CCCCC4)cc3)cc2C)cc1. The second-order valence-corrected chi connectivity index (χ2v) is 13.1. The molecular weight excluding hydrogens is 538 g/mol. The van der Waals surface area contributed by atoms with Crippen molar-refractivity contribution >= 4 is 31.6 Å². The molecule has 3 aromatic rings. The van der Waals surface area contributed by atoms with Gasteiger partial charge in [-0.15, -0.1) is 0 Å². The van der Waals surface area contributed by atoms with E-state index in [1.54, 1.807) is 61.5 Å². The molecule has 39 heavy (non-hydrogen) atoms. The second-order valence-electron chi connectivity index (χ2n) is 9.49. The number of rotatable bonds is 10. The monoisotopic (exact) mass is 571 g/mol. The Kier molecular flexibility index (Phi) is 8.94. The molecule has 2 N–H and O–H groups in total. The Morgan fingerprint density at radius 3 is 2.13 bits per heavy atom. The first kappa shape index (κ1) is 28.6. The Labute approximate surface area is 230 Å². The van der Waals surface area contributed by atoms with E-state index in [9.17, 15) is 21.6 Å². The molecule has 0 aliphatic carbocycles. The van der Waals surface area contributed by atoms with Crippen molar-refractivity contribution in [2.75, 3.05) is 31.0 Å². The first-order valence-electron chi connectivity index (χ1n) is 12.8. The number of nitrogens with zero attached hydrogens (tertiary/aromatic N) is 1. The third kappa shape index (κ3) is 7.17. The molecule has 0 saturated carbocycles. The highest BCUT2D eigenvalue weighted by Gasteiger charge is 2.25. The van der Waals surface area contributed by atoms with E-state index in [4.69, 9.17) is 4.74 Å². The van der Waals surface area contributed by atoms with Crippen LogP contribution in [0.1, 0.15) is 40.7 Å². The predicted molar refractivity (Wildman–Crippen MR) is 150 cm³/mol. The quantitative estimate of drug-likeness (QED) is 0.354. The summed E-state index contributed by atoms with van der Waals surface area (Å²) in [6.45, 7) is 5.12. The fourth-order valence-electron chi connectivity index (χ4n) is 4.24. The first-order valence-corrected chi connectivity index (χ1v) is 15.7. The molecule has 1 fully saturated rings. The molecule has 1 saturated heterocycles. The summed E-state index contributed by atoms with van der Waals surface area (Å²) in [5, 5.41) is 2.77. The Bertz CT molecular complexity index is 1510. The molecular formula is C28H33N3O6S2. The van der Waals surface area contributed by atoms with Gasteiger partial charge in [0.15, 0.2) is 0 Å². The van der Waals surface area contributed by atoms with Crippen molar-refractivity contribution in [2.45, 2.75) is 42.9 Å². The van der Waals surface area contributed by atoms with E-state index in [1.807, 2.05) is 6.92 Å². The molecule has 9 nitrogen and oxygen atoms in total. The molecule has 1 aliphatic heterocycles. The number of benzene rings is 3. The van der Waals surface area contributed by atoms with E-state index < -0.39 is 20.0 Å². The van der Waals surface area contributed by atoms with Crippen molar-refractivity contribution in [2.24, 2.45) is 0 Å². The molecule has 1 aliphatic rings. The summed E-state index contributed by atoms with van der Waals surface area (Å²) in [6.07, 6.45) is 2.81. The largest absolute Gasteiger partial charge is 0.492 e. The van der Waals surface area contributed by atoms with E-state index in [-0.39, 0.29) is 28.8 Å². The normalized spacial score (nSPS) is 14.5. The fourth-order valence-corrected chi connectivity index (χ4v) is 6.89. The maximum absolute atomic E-state index is 12.8. The maximum atomic E-state index is 12.8. The van der Waals surface area contributed by atoms with Crippen LogP contribution in [0.3, 0.4) is 0 Å². The zero-order valence-corrected chi connectivity index (χ0v) is 23.6. The summed E-state index contributed by atoms with van der Waals surface area (Å²) < 4.78 is 60.6. The minimum atomic E-state index is -3.75. The van der Waals surface area contributed by atoms with E-state index in [1.165, 1.54) is 16.4 Å². The van der Waals surface area contributed by atoms with Crippen LogP contribution in [0.15, 0.2) is 76.5 Å². The van der Waals surface area contributed by atoms with E-state index in [0.717, 1.165) is 24.8 Å². The van der Waals surface area contributed by atoms with E-state index in [0.29, 0.717) is 35.7 Å². The van der Waals surface area contributed by atoms with Crippen molar-refractivity contribution in [3.63, 3.8) is 0 Å². The summed E-state index contributed by atoms with van der Waals surface area (Å²) in [5.74, 6) is 0.181. The minimum Gasteiger partial charge on any atom is -0.492 e. The number of hydrogen-bond acceptors (Lipinski definition) is 6. The van der Waals surface area contributed by atoms with Gasteiger partial charge in [-0.05, 0) is 86.8 Å². The standard InChI is InChI=1S/C28H33N3O6S2/c1-21-6-11-25(12-7-21)38(33,34)30-27-15-8-23(20-22(27)2)28(32)29-16-19-37-24-9-13-26(14-10-24)39(35,36)31-17-4-3-5-18-31/h6-15,20,30H,3-5,16-19H2,1-2H3,(H,29,32). The number of sulfonamides is 2. The third-order valence-electron chi connectivity index (χ3n) is 6.50. The number of carbonyl (C=O) groups is 1. The molecule has 0 unspecified atom stereocenters. The number of piperidine rings is 1. The molecule has 11 heteroatoms. The topological polar surface area (TPSA) is 122 Å². The number of carbonyl (C=O) groups excluding carboxylic acids is 1. The highest BCUT2D eigenvalue weighted by Crippen LogP contribution is 2.23. The molecule has 0 aromatic heterocycles. The summed E-state index contributed by atoms with van der Waals surface area (Å²) in [6, 6.07) is 17.6. The van der Waals surface area contributed by atoms with Gasteiger partial charge in [-0.1, -0.05) is 24.1 Å². The zero-order valence-electron chi connectivity index (χ0n) is 22.0. The van der Waals surface area contributed by atoms with Gasteiger partial charge in [0.25, 0.3) is 15.9 Å². The van der Waals surface area contributed by atoms with Crippen molar-refractivity contribution in [1.29, 1.82) is 0 Å². The number of ether oxygens (including phenoxy) is 1. The van der Waals surface area contributed by atoms with E-state index in [2.05, 4.69) is 10.0 Å². The minimum absolute atomic E-state index is 0.160. The van der Waals surface area contributed by atoms with Crippen LogP contribution in [-0.4, -0.2) is 53.3 Å². The molecule has 0 radical (unpaired) electrons. The highest BCUT2D eigenvalue weighted by atomic mass is 32.2. The van der Waals surface area contributed by atoms with E-state index >= 15 is 0 Å². The van der Waals surface area contributed by atoms with Crippen LogP contribution >= 0.6 is 0 Å². The maximum Gasteiger partial charge on any atom is 0.261 e. The fraction of sp³-hybridized carbons (Fsp3) is 0.321. The van der Waals surface area contributed by atoms with Crippen LogP contribution in [0.4, 0.5) is 5.69 Å². The third-order valence-corrected chi connectivity index (χ3v) is 9.79. The van der Waals surface area contributed by atoms with Crippen LogP contribution in [-0.2, 0) is 20.0 Å². The molecule has 4 rings (SSSR count). The van der Waals surface area contributed by atoms with Crippen molar-refractivity contribution in [1.82, 2.24) is 9.62 Å². The van der Waals surface area contributed by atoms with Crippen molar-refractivity contribution in [3.05, 3.63) is 83.4 Å². The predicted octanol–water partition coefficient (Wildman–Crippen LogP) is 4.09. The summed E-state index contributed by atoms with van der Waals surface area (Å²) in [5.41, 5.74) is 2.34. The Morgan fingerprint density at radius 1 is 0.846 bits per heavy atom. The van der Waals surface area contributed by atoms with Crippen LogP contribution in [0.5, 0.6) is 5.75 Å². The van der Waals surface area contributed by atoms with Gasteiger partial charge in [0, 0.05) is 18.7 Å². The van der Waals surface area contributed by atoms with Gasteiger partial charge in [0.1, 0.15) is 12.4 Å². The Balaban J connectivity index is 1.27. The lowest BCUT2D eigenvalue weighted by Gasteiger charge is -2.25. The lowest BCUT2D eigenvalue weighted by Crippen LogP contribution is -2.35. The molecule has 0 atom stereocenters. The summed E-state index contributed by atoms with van der Waals surface area (Å²) in [4.78, 5) is 13.0. The number of nitrogens with one attached hydrogen (secondary N) is 2. The van der Waals surface area contributed by atoms with Crippen LogP contribution < -0.4 is 14.8 Å². The average molecular weight is 572 g/mol. The molecule has 1 heterocycles. The summed E-state index contributed by atoms with van der Waals surface area (Å²) in [7, 11) is -7.25. The number of aryl methyl sites for hydroxylation is 2. The lowest BCUT2D eigenvalue weighted by atomic mass is 10.1. The van der Waals surface area contributed by atoms with Crippen LogP contribution in [0, 0.1) is 13.8 Å². The second kappa shape index (κ2) is 12.2. The molecule has 0 spiro atoms. The summed E-state index contributed by atoms with van der Waals surface area (Å²) >= 11 is 0. The number of anilines is 1. The molecule has 0 bridgehead atoms. The molecule has 208 valence electrons. The van der Waals surface area contributed by atoms with Crippen LogP contribution in [0.25, 0.3) is 0 Å². The number of hydrogen-bond donors (Lipinski definition) is 2. The van der Waals surface area contributed by atoms with Crippen molar-refractivity contribution < 1.29 is 26.4 Å². The van der Waals surface area contributed by atoms with Gasteiger partial charge >= 0.3 is 0 Å². The van der Waals surface area contributed by atoms with Gasteiger partial charge in [0.2, 0.25) is 10.0 Å². The van der Waals surface area contributed by atoms with Crippen LogP contribution in [0.2, 0.25) is 0 Å². The smallest absolute Gasteiger partial charge is 0.261 e. The average Bonchev–Trinajstić information content (AvgIpc) is 2.93. The van der Waals surface area contributed by atoms with Gasteiger partial charge < -0.3 is 10.1 Å². The van der Waals surface area contributed by atoms with Gasteiger partial charge in [-0.25, -0.2) is 16.8 Å². The number of amides is 1. The van der Waals surface area contributed by atoms with Gasteiger partial charge in [-0.3, -0.25) is 9.52 Å². The Morgan fingerprint density at radius 2 is 1.49 bits per heavy atom. The molecule has 1 amide bonds. The zero-order chi connectivity index (χ0) is 28.0.